The van der Waals surface area contributed by atoms with Gasteiger partial charge in [0.2, 0.25) is 0 Å². The molecule has 0 amide bonds. The lowest BCUT2D eigenvalue weighted by Crippen LogP contribution is -1.88. The van der Waals surface area contributed by atoms with Crippen molar-refractivity contribution in [2.75, 3.05) is 26.6 Å². The highest BCUT2D eigenvalue weighted by Gasteiger charge is 2.11. The Kier molecular flexibility index (Phi) is 17.9. The van der Waals surface area contributed by atoms with Gasteiger partial charge in [0.05, 0.1) is 0 Å². The smallest absolute Gasteiger partial charge is 0.137 e. The molecular weight excluding hydrogens is 1180 g/mol. The predicted octanol–water partition coefficient (Wildman–Crippen LogP) is 25.7. The molecular formula is C84H63N5O2S2. The first-order valence-electron chi connectivity index (χ1n) is 30.9. The standard InChI is InChI=1S/2C18H13NO.2C18H13NS.C12H11N/c1-2-6-13(7-3-1)19-14-10-11-18-16(12-14)15-8-4-5-9-17(15)20-18;1-2-6-13(7-3-1)19-14-10-11-16-15-8-4-5-9-17(15)20-18(16)12-14;1-2-6-13(7-3-1)19-14-10-11-18-16(12-14)15-8-4-5-9-17(15)20-18;1-2-6-13(7-3-1)19-14-10-11-16-15-8-4-5-9-17(15)20-18(16)12-14;1-3-7-11(8-4-1)13-12-9-5-2-6-10-12/h4*1-12,19H;1-10,13H. The molecule has 0 aliphatic heterocycles. The van der Waals surface area contributed by atoms with E-state index in [9.17, 15) is 0 Å². The third-order valence-corrected chi connectivity index (χ3v) is 17.9. The Labute approximate surface area is 547 Å². The molecule has 448 valence electrons. The summed E-state index contributed by atoms with van der Waals surface area (Å²) in [6.45, 7) is 0. The summed E-state index contributed by atoms with van der Waals surface area (Å²) < 4.78 is 17.1. The highest BCUT2D eigenvalue weighted by Crippen LogP contribution is 2.38. The van der Waals surface area contributed by atoms with E-state index in [4.69, 9.17) is 8.83 Å². The minimum atomic E-state index is 0.909. The van der Waals surface area contributed by atoms with Crippen LogP contribution < -0.4 is 26.6 Å². The quantitative estimate of drug-likeness (QED) is 0.0933. The van der Waals surface area contributed by atoms with E-state index in [-0.39, 0.29) is 0 Å². The molecule has 18 aromatic rings. The van der Waals surface area contributed by atoms with Crippen LogP contribution in [0.15, 0.2) is 361 Å². The molecule has 0 atom stereocenters. The van der Waals surface area contributed by atoms with E-state index >= 15 is 0 Å². The first-order valence-corrected chi connectivity index (χ1v) is 32.5. The molecule has 0 aliphatic carbocycles. The summed E-state index contributed by atoms with van der Waals surface area (Å²) in [6, 6.07) is 120. The number of hydrogen-bond acceptors (Lipinski definition) is 9. The number of para-hydroxylation sites is 8. The molecule has 93 heavy (non-hydrogen) atoms. The Bertz CT molecular complexity index is 5070. The summed E-state index contributed by atoms with van der Waals surface area (Å²) in [5, 5.41) is 26.9. The largest absolute Gasteiger partial charge is 0.456 e. The van der Waals surface area contributed by atoms with Crippen LogP contribution in [-0.2, 0) is 0 Å². The monoisotopic (exact) mass is 1240 g/mol. The fourth-order valence-corrected chi connectivity index (χ4v) is 13.4. The fraction of sp³-hybridized carbons (Fsp3) is 0. The predicted molar refractivity (Wildman–Crippen MR) is 401 cm³/mol. The Hall–Kier alpha value is -11.9. The molecule has 0 saturated heterocycles. The maximum absolute atomic E-state index is 5.89. The summed E-state index contributed by atoms with van der Waals surface area (Å²) >= 11 is 3.70. The van der Waals surface area contributed by atoms with Crippen molar-refractivity contribution in [3.63, 3.8) is 0 Å². The third kappa shape index (κ3) is 14.4. The lowest BCUT2D eigenvalue weighted by Gasteiger charge is -2.06. The molecule has 5 N–H and O–H groups in total. The molecule has 0 spiro atoms. The third-order valence-electron chi connectivity index (χ3n) is 15.6. The lowest BCUT2D eigenvalue weighted by molar-refractivity contribution is 0.668. The van der Waals surface area contributed by atoms with Gasteiger partial charge in [-0.1, -0.05) is 188 Å². The number of hydrogen-bond donors (Lipinski definition) is 5. The van der Waals surface area contributed by atoms with Crippen LogP contribution in [0.4, 0.5) is 56.9 Å². The van der Waals surface area contributed by atoms with Crippen molar-refractivity contribution in [1.29, 1.82) is 0 Å². The van der Waals surface area contributed by atoms with E-state index in [2.05, 4.69) is 178 Å². The molecule has 9 heteroatoms. The van der Waals surface area contributed by atoms with Crippen LogP contribution in [0.2, 0.25) is 0 Å². The van der Waals surface area contributed by atoms with Crippen molar-refractivity contribution in [3.8, 4) is 0 Å². The van der Waals surface area contributed by atoms with Crippen LogP contribution in [0.3, 0.4) is 0 Å². The van der Waals surface area contributed by atoms with Gasteiger partial charge in [0.25, 0.3) is 0 Å². The average Bonchev–Trinajstić information content (AvgIpc) is 1.84. The van der Waals surface area contributed by atoms with Crippen LogP contribution in [0.1, 0.15) is 0 Å². The van der Waals surface area contributed by atoms with Gasteiger partial charge in [-0.25, -0.2) is 0 Å². The second kappa shape index (κ2) is 28.3. The number of anilines is 10. The number of nitrogens with one attached hydrogen (secondary N) is 5. The van der Waals surface area contributed by atoms with Crippen molar-refractivity contribution in [1.82, 2.24) is 0 Å². The molecule has 4 heterocycles. The van der Waals surface area contributed by atoms with Crippen LogP contribution in [-0.4, -0.2) is 0 Å². The molecule has 14 aromatic carbocycles. The molecule has 0 radical (unpaired) electrons. The first-order chi connectivity index (χ1) is 46.0. The van der Waals surface area contributed by atoms with E-state index in [1.165, 1.54) is 40.3 Å². The number of rotatable bonds is 10. The summed E-state index contributed by atoms with van der Waals surface area (Å²) in [4.78, 5) is 0. The first kappa shape index (κ1) is 58.8. The highest BCUT2D eigenvalue weighted by atomic mass is 32.1. The second-order valence-electron chi connectivity index (χ2n) is 22.1. The Morgan fingerprint density at radius 3 is 0.925 bits per heavy atom. The normalized spacial score (nSPS) is 10.8. The molecule has 0 saturated carbocycles. The summed E-state index contributed by atoms with van der Waals surface area (Å²) in [6.07, 6.45) is 0. The van der Waals surface area contributed by atoms with Gasteiger partial charge < -0.3 is 35.4 Å². The highest BCUT2D eigenvalue weighted by molar-refractivity contribution is 7.26. The molecule has 0 fully saturated rings. The van der Waals surface area contributed by atoms with Crippen molar-refractivity contribution >= 4 is 164 Å². The van der Waals surface area contributed by atoms with E-state index in [0.29, 0.717) is 0 Å². The van der Waals surface area contributed by atoms with Gasteiger partial charge in [0, 0.05) is 125 Å². The van der Waals surface area contributed by atoms with Gasteiger partial charge in [0.1, 0.15) is 22.3 Å². The van der Waals surface area contributed by atoms with E-state index in [1.54, 1.807) is 0 Å². The van der Waals surface area contributed by atoms with Crippen LogP contribution in [0.25, 0.3) is 84.2 Å². The summed E-state index contributed by atoms with van der Waals surface area (Å²) in [5.74, 6) is 0. The van der Waals surface area contributed by atoms with E-state index < -0.39 is 0 Å². The maximum Gasteiger partial charge on any atom is 0.137 e. The van der Waals surface area contributed by atoms with Crippen molar-refractivity contribution < 1.29 is 8.83 Å². The number of fused-ring (bicyclic) bond motifs is 12. The van der Waals surface area contributed by atoms with E-state index in [0.717, 1.165) is 101 Å². The van der Waals surface area contributed by atoms with Crippen LogP contribution >= 0.6 is 22.7 Å². The van der Waals surface area contributed by atoms with Gasteiger partial charge in [-0.2, -0.15) is 0 Å². The number of thiophene rings is 2. The Balaban J connectivity index is 0.000000101. The van der Waals surface area contributed by atoms with Gasteiger partial charge >= 0.3 is 0 Å². The Morgan fingerprint density at radius 2 is 0.441 bits per heavy atom. The number of benzene rings is 14. The minimum absolute atomic E-state index is 0.909. The Morgan fingerprint density at radius 1 is 0.161 bits per heavy atom. The minimum Gasteiger partial charge on any atom is -0.456 e. The molecule has 0 unspecified atom stereocenters. The van der Waals surface area contributed by atoms with Crippen LogP contribution in [0, 0.1) is 0 Å². The van der Waals surface area contributed by atoms with Gasteiger partial charge in [-0.15, -0.1) is 22.7 Å². The molecule has 18 rings (SSSR count). The van der Waals surface area contributed by atoms with Crippen molar-refractivity contribution in [2.24, 2.45) is 0 Å². The zero-order chi connectivity index (χ0) is 62.4. The average molecular weight is 1240 g/mol. The van der Waals surface area contributed by atoms with Crippen LogP contribution in [0.5, 0.6) is 0 Å². The van der Waals surface area contributed by atoms with Gasteiger partial charge in [0.15, 0.2) is 0 Å². The zero-order valence-electron chi connectivity index (χ0n) is 50.6. The lowest BCUT2D eigenvalue weighted by atomic mass is 10.1. The summed E-state index contributed by atoms with van der Waals surface area (Å²) in [7, 11) is 0. The SMILES string of the molecule is c1ccc(Nc2ccc3c(c2)oc2ccccc23)cc1.c1ccc(Nc2ccc3c(c2)sc2ccccc23)cc1.c1ccc(Nc2ccc3oc4ccccc4c3c2)cc1.c1ccc(Nc2ccc3sc4ccccc4c3c2)cc1.c1ccc(Nc2ccccc2)cc1. The molecule has 0 aliphatic rings. The topological polar surface area (TPSA) is 86.4 Å². The van der Waals surface area contributed by atoms with Gasteiger partial charge in [-0.05, 0) is 158 Å². The van der Waals surface area contributed by atoms with E-state index in [1.807, 2.05) is 223 Å². The van der Waals surface area contributed by atoms with Crippen molar-refractivity contribution in [3.05, 3.63) is 352 Å². The summed E-state index contributed by atoms with van der Waals surface area (Å²) in [5.41, 5.74) is 14.7. The number of furan rings is 2. The molecule has 0 bridgehead atoms. The van der Waals surface area contributed by atoms with Gasteiger partial charge in [-0.3, -0.25) is 0 Å². The van der Waals surface area contributed by atoms with Crippen molar-refractivity contribution in [2.45, 2.75) is 0 Å². The molecule has 4 aromatic heterocycles. The molecule has 7 nitrogen and oxygen atoms in total. The fourth-order valence-electron chi connectivity index (χ4n) is 11.2. The zero-order valence-corrected chi connectivity index (χ0v) is 52.3. The second-order valence-corrected chi connectivity index (χ2v) is 24.2. The maximum atomic E-state index is 5.89.